The zero-order valence-corrected chi connectivity index (χ0v) is 10.5. The van der Waals surface area contributed by atoms with Crippen LogP contribution in [0.15, 0.2) is 0 Å². The summed E-state index contributed by atoms with van der Waals surface area (Å²) in [6.07, 6.45) is 6.87. The molecule has 0 aromatic rings. The Morgan fingerprint density at radius 1 is 1.25 bits per heavy atom. The van der Waals surface area contributed by atoms with E-state index in [2.05, 4.69) is 17.1 Å². The molecule has 3 heteroatoms. The van der Waals surface area contributed by atoms with Gasteiger partial charge in [-0.05, 0) is 45.3 Å². The second kappa shape index (κ2) is 5.48. The molecule has 16 heavy (non-hydrogen) atoms. The van der Waals surface area contributed by atoms with Crippen molar-refractivity contribution in [3.63, 3.8) is 0 Å². The van der Waals surface area contributed by atoms with Gasteiger partial charge in [0.2, 0.25) is 0 Å². The van der Waals surface area contributed by atoms with Crippen LogP contribution < -0.4 is 5.32 Å². The lowest BCUT2D eigenvalue weighted by atomic mass is 10.00. The van der Waals surface area contributed by atoms with Crippen LogP contribution in [0.4, 0.5) is 0 Å². The number of likely N-dealkylation sites (tertiary alicyclic amines) is 1. The molecule has 0 unspecified atom stereocenters. The maximum absolute atomic E-state index is 10.2. The fourth-order valence-electron chi connectivity index (χ4n) is 3.00. The van der Waals surface area contributed by atoms with E-state index in [4.69, 9.17) is 0 Å². The Labute approximate surface area is 99.2 Å². The molecule has 0 amide bonds. The number of hydrogen-bond acceptors (Lipinski definition) is 3. The molecule has 2 fully saturated rings. The smallest absolute Gasteiger partial charge is 0.0771 e. The molecule has 1 aliphatic carbocycles. The van der Waals surface area contributed by atoms with Crippen molar-refractivity contribution in [2.45, 2.75) is 57.1 Å². The second-order valence-corrected chi connectivity index (χ2v) is 5.52. The highest BCUT2D eigenvalue weighted by Gasteiger charge is 2.31. The standard InChI is InChI=1S/C13H26N2O/c1-2-15-9-5-12(6-10-15)14-11-13(16)7-3-4-8-13/h12,14,16H,2-11H2,1H3. The number of aliphatic hydroxyl groups is 1. The molecule has 0 spiro atoms. The topological polar surface area (TPSA) is 35.5 Å². The Morgan fingerprint density at radius 2 is 1.88 bits per heavy atom. The van der Waals surface area contributed by atoms with Crippen LogP contribution in [0.3, 0.4) is 0 Å². The zero-order chi connectivity index (χ0) is 11.4. The quantitative estimate of drug-likeness (QED) is 0.760. The fourth-order valence-corrected chi connectivity index (χ4v) is 3.00. The number of nitrogens with zero attached hydrogens (tertiary/aromatic N) is 1. The molecule has 1 heterocycles. The minimum Gasteiger partial charge on any atom is -0.389 e. The van der Waals surface area contributed by atoms with Crippen LogP contribution in [0.1, 0.15) is 45.4 Å². The zero-order valence-electron chi connectivity index (χ0n) is 10.5. The third-order valence-corrected chi connectivity index (χ3v) is 4.29. The Bertz CT molecular complexity index is 206. The monoisotopic (exact) mass is 226 g/mol. The van der Waals surface area contributed by atoms with Gasteiger partial charge in [0.05, 0.1) is 5.60 Å². The molecule has 2 rings (SSSR count). The average molecular weight is 226 g/mol. The van der Waals surface area contributed by atoms with E-state index in [1.807, 2.05) is 0 Å². The van der Waals surface area contributed by atoms with Crippen LogP contribution in [0.2, 0.25) is 0 Å². The Morgan fingerprint density at radius 3 is 2.44 bits per heavy atom. The van der Waals surface area contributed by atoms with Gasteiger partial charge in [-0.3, -0.25) is 0 Å². The second-order valence-electron chi connectivity index (χ2n) is 5.52. The predicted molar refractivity (Wildman–Crippen MR) is 66.6 cm³/mol. The van der Waals surface area contributed by atoms with Crippen LogP contribution >= 0.6 is 0 Å². The van der Waals surface area contributed by atoms with Crippen molar-refractivity contribution in [3.8, 4) is 0 Å². The first-order valence-corrected chi connectivity index (χ1v) is 6.90. The van der Waals surface area contributed by atoms with Gasteiger partial charge in [-0.2, -0.15) is 0 Å². The summed E-state index contributed by atoms with van der Waals surface area (Å²) >= 11 is 0. The van der Waals surface area contributed by atoms with Crippen LogP contribution in [0.5, 0.6) is 0 Å². The van der Waals surface area contributed by atoms with Crippen molar-refractivity contribution in [1.82, 2.24) is 10.2 Å². The third-order valence-electron chi connectivity index (χ3n) is 4.29. The molecule has 1 saturated carbocycles. The van der Waals surface area contributed by atoms with Crippen molar-refractivity contribution < 1.29 is 5.11 Å². The van der Waals surface area contributed by atoms with Crippen molar-refractivity contribution in [1.29, 1.82) is 0 Å². The minimum absolute atomic E-state index is 0.387. The maximum Gasteiger partial charge on any atom is 0.0771 e. The highest BCUT2D eigenvalue weighted by Crippen LogP contribution is 2.28. The van der Waals surface area contributed by atoms with Gasteiger partial charge in [-0.25, -0.2) is 0 Å². The van der Waals surface area contributed by atoms with Gasteiger partial charge in [-0.1, -0.05) is 19.8 Å². The lowest BCUT2D eigenvalue weighted by Gasteiger charge is -2.33. The summed E-state index contributed by atoms with van der Waals surface area (Å²) in [4.78, 5) is 2.50. The summed E-state index contributed by atoms with van der Waals surface area (Å²) in [6, 6.07) is 0.632. The van der Waals surface area contributed by atoms with Crippen LogP contribution in [-0.4, -0.2) is 47.8 Å². The van der Waals surface area contributed by atoms with E-state index in [-0.39, 0.29) is 5.60 Å². The van der Waals surface area contributed by atoms with Crippen molar-refractivity contribution in [2.75, 3.05) is 26.2 Å². The van der Waals surface area contributed by atoms with Crippen molar-refractivity contribution in [3.05, 3.63) is 0 Å². The highest BCUT2D eigenvalue weighted by atomic mass is 16.3. The van der Waals surface area contributed by atoms with Gasteiger partial charge in [-0.15, -0.1) is 0 Å². The molecule has 0 bridgehead atoms. The molecule has 1 saturated heterocycles. The number of piperidine rings is 1. The fraction of sp³-hybridized carbons (Fsp3) is 1.00. The van der Waals surface area contributed by atoms with E-state index in [9.17, 15) is 5.11 Å². The number of hydrogen-bond donors (Lipinski definition) is 2. The molecule has 2 N–H and O–H groups in total. The molecule has 0 aromatic carbocycles. The van der Waals surface area contributed by atoms with E-state index >= 15 is 0 Å². The van der Waals surface area contributed by atoms with E-state index in [1.54, 1.807) is 0 Å². The molecule has 3 nitrogen and oxygen atoms in total. The largest absolute Gasteiger partial charge is 0.389 e. The van der Waals surface area contributed by atoms with Gasteiger partial charge < -0.3 is 15.3 Å². The normalized spacial score (nSPS) is 27.4. The number of nitrogens with one attached hydrogen (secondary N) is 1. The summed E-state index contributed by atoms with van der Waals surface area (Å²) in [5, 5.41) is 13.8. The van der Waals surface area contributed by atoms with Crippen LogP contribution in [0, 0.1) is 0 Å². The van der Waals surface area contributed by atoms with Crippen LogP contribution in [-0.2, 0) is 0 Å². The molecule has 0 radical (unpaired) electrons. The first kappa shape index (κ1) is 12.3. The van der Waals surface area contributed by atoms with Crippen LogP contribution in [0.25, 0.3) is 0 Å². The molecule has 94 valence electrons. The first-order chi connectivity index (χ1) is 7.72. The molecule has 0 aromatic heterocycles. The van der Waals surface area contributed by atoms with E-state index in [0.717, 1.165) is 19.4 Å². The summed E-state index contributed by atoms with van der Waals surface area (Å²) < 4.78 is 0. The highest BCUT2D eigenvalue weighted by molar-refractivity contribution is 4.88. The molecule has 2 aliphatic rings. The van der Waals surface area contributed by atoms with Gasteiger partial charge in [0.1, 0.15) is 0 Å². The third kappa shape index (κ3) is 3.19. The SMILES string of the molecule is CCN1CCC(NCC2(O)CCCC2)CC1. The summed E-state index contributed by atoms with van der Waals surface area (Å²) in [5.41, 5.74) is -0.387. The maximum atomic E-state index is 10.2. The molecular formula is C13H26N2O. The van der Waals surface area contributed by atoms with E-state index in [0.29, 0.717) is 6.04 Å². The van der Waals surface area contributed by atoms with E-state index in [1.165, 1.54) is 45.3 Å². The van der Waals surface area contributed by atoms with Crippen molar-refractivity contribution in [2.24, 2.45) is 0 Å². The summed E-state index contributed by atoms with van der Waals surface area (Å²) in [5.74, 6) is 0. The lowest BCUT2D eigenvalue weighted by Crippen LogP contribution is -2.47. The predicted octanol–water partition coefficient (Wildman–Crippen LogP) is 1.37. The van der Waals surface area contributed by atoms with Gasteiger partial charge >= 0.3 is 0 Å². The molecule has 0 atom stereocenters. The van der Waals surface area contributed by atoms with Gasteiger partial charge in [0.15, 0.2) is 0 Å². The van der Waals surface area contributed by atoms with Gasteiger partial charge in [0.25, 0.3) is 0 Å². The summed E-state index contributed by atoms with van der Waals surface area (Å²) in [7, 11) is 0. The van der Waals surface area contributed by atoms with Crippen molar-refractivity contribution >= 4 is 0 Å². The molecule has 1 aliphatic heterocycles. The summed E-state index contributed by atoms with van der Waals surface area (Å²) in [6.45, 7) is 6.65. The Balaban J connectivity index is 1.67. The lowest BCUT2D eigenvalue weighted by molar-refractivity contribution is 0.0418. The average Bonchev–Trinajstić information content (AvgIpc) is 2.75. The Hall–Kier alpha value is -0.120. The van der Waals surface area contributed by atoms with E-state index < -0.39 is 0 Å². The molecular weight excluding hydrogens is 200 g/mol. The minimum atomic E-state index is -0.387. The Kier molecular flexibility index (Phi) is 4.22. The first-order valence-electron chi connectivity index (χ1n) is 6.90. The number of rotatable bonds is 4. The van der Waals surface area contributed by atoms with Gasteiger partial charge in [0, 0.05) is 12.6 Å².